The Bertz CT molecular complexity index is 312. The zero-order chi connectivity index (χ0) is 9.84. The summed E-state index contributed by atoms with van der Waals surface area (Å²) in [6.07, 6.45) is 0. The monoisotopic (exact) mass is 177 g/mol. The lowest BCUT2D eigenvalue weighted by molar-refractivity contribution is -0.114. The molecule has 0 saturated heterocycles. The van der Waals surface area contributed by atoms with Crippen molar-refractivity contribution in [3.8, 4) is 0 Å². The predicted octanol–water partition coefficient (Wildman–Crippen LogP) is 0.466. The Morgan fingerprint density at radius 3 is 2.62 bits per heavy atom. The summed E-state index contributed by atoms with van der Waals surface area (Å²) in [6, 6.07) is 7.20. The van der Waals surface area contributed by atoms with Crippen molar-refractivity contribution in [3.05, 3.63) is 24.3 Å². The van der Waals surface area contributed by atoms with Gasteiger partial charge in [-0.1, -0.05) is 25.0 Å². The number of amides is 1. The molecule has 0 heterocycles. The van der Waals surface area contributed by atoms with E-state index in [1.807, 2.05) is 12.1 Å². The number of rotatable bonds is 2. The molecule has 0 atom stereocenters. The van der Waals surface area contributed by atoms with Gasteiger partial charge in [-0.3, -0.25) is 4.79 Å². The smallest absolute Gasteiger partial charge is 0.322 e. The molecule has 0 aliphatic carbocycles. The third-order valence-corrected chi connectivity index (χ3v) is 1.72. The van der Waals surface area contributed by atoms with Crippen LogP contribution in [0.5, 0.6) is 0 Å². The van der Waals surface area contributed by atoms with E-state index in [9.17, 15) is 9.82 Å². The van der Waals surface area contributed by atoms with Crippen molar-refractivity contribution in [2.45, 2.75) is 13.7 Å². The topological polar surface area (TPSA) is 49.3 Å². The normalized spacial score (nSPS) is 9.46. The molecule has 4 heteroatoms. The molecular formula is C9H12BNO2. The summed E-state index contributed by atoms with van der Waals surface area (Å²) in [5, 5.41) is 12.0. The molecule has 0 unspecified atom stereocenters. The molecule has 0 saturated carbocycles. The number of para-hydroxylation sites is 1. The van der Waals surface area contributed by atoms with Crippen LogP contribution in [0.2, 0.25) is 6.82 Å². The molecule has 1 aromatic carbocycles. The van der Waals surface area contributed by atoms with Crippen LogP contribution in [0, 0.1) is 0 Å². The second-order valence-electron chi connectivity index (χ2n) is 2.94. The molecule has 2 N–H and O–H groups in total. The lowest BCUT2D eigenvalue weighted by Crippen LogP contribution is -2.30. The molecule has 13 heavy (non-hydrogen) atoms. The van der Waals surface area contributed by atoms with Gasteiger partial charge in [0.15, 0.2) is 0 Å². The van der Waals surface area contributed by atoms with E-state index in [-0.39, 0.29) is 5.91 Å². The zero-order valence-corrected chi connectivity index (χ0v) is 7.74. The average molecular weight is 177 g/mol. The standard InChI is InChI=1S/C9H12BNO2/c1-7(12)11-9-6-4-3-5-8(9)10(2)13/h3-6,13H,1-2H3,(H,11,12). The highest BCUT2D eigenvalue weighted by Crippen LogP contribution is 2.03. The Morgan fingerprint density at radius 1 is 1.46 bits per heavy atom. The average Bonchev–Trinajstić information content (AvgIpc) is 2.03. The first-order chi connectivity index (χ1) is 6.11. The molecule has 0 aromatic heterocycles. The summed E-state index contributed by atoms with van der Waals surface area (Å²) in [5.41, 5.74) is 1.41. The van der Waals surface area contributed by atoms with Gasteiger partial charge in [-0.05, 0) is 11.5 Å². The zero-order valence-electron chi connectivity index (χ0n) is 7.74. The van der Waals surface area contributed by atoms with Gasteiger partial charge in [0, 0.05) is 12.6 Å². The van der Waals surface area contributed by atoms with Crippen LogP contribution in [0.15, 0.2) is 24.3 Å². The van der Waals surface area contributed by atoms with E-state index in [2.05, 4.69) is 5.32 Å². The number of carbonyl (C=O) groups excluding carboxylic acids is 1. The number of hydrogen-bond donors (Lipinski definition) is 2. The van der Waals surface area contributed by atoms with Crippen molar-refractivity contribution < 1.29 is 9.82 Å². The predicted molar refractivity (Wildman–Crippen MR) is 54.2 cm³/mol. The Labute approximate surface area is 77.9 Å². The minimum atomic E-state index is -0.567. The van der Waals surface area contributed by atoms with Crippen LogP contribution < -0.4 is 10.8 Å². The van der Waals surface area contributed by atoms with Crippen LogP contribution in [0.3, 0.4) is 0 Å². The highest BCUT2D eigenvalue weighted by atomic mass is 16.2. The maximum Gasteiger partial charge on any atom is 0.322 e. The summed E-state index contributed by atoms with van der Waals surface area (Å²) in [7, 11) is 0. The maximum atomic E-state index is 10.8. The molecule has 0 aliphatic heterocycles. The summed E-state index contributed by atoms with van der Waals surface area (Å²) >= 11 is 0. The molecule has 0 fully saturated rings. The van der Waals surface area contributed by atoms with Crippen LogP contribution in [0.4, 0.5) is 5.69 Å². The fourth-order valence-corrected chi connectivity index (χ4v) is 1.16. The van der Waals surface area contributed by atoms with Crippen molar-refractivity contribution in [1.29, 1.82) is 0 Å². The largest absolute Gasteiger partial charge is 0.446 e. The molecule has 0 aliphatic rings. The molecule has 1 rings (SSSR count). The Morgan fingerprint density at radius 2 is 2.08 bits per heavy atom. The highest BCUT2D eigenvalue weighted by Gasteiger charge is 2.11. The van der Waals surface area contributed by atoms with Crippen molar-refractivity contribution in [1.82, 2.24) is 0 Å². The molecule has 0 radical (unpaired) electrons. The lowest BCUT2D eigenvalue weighted by atomic mass is 9.63. The molecule has 1 aromatic rings. The SMILES string of the molecule is CB(O)c1ccccc1NC(C)=O. The minimum Gasteiger partial charge on any atom is -0.446 e. The summed E-state index contributed by atoms with van der Waals surface area (Å²) in [6.45, 7) is 2.54. The van der Waals surface area contributed by atoms with Crippen LogP contribution >= 0.6 is 0 Å². The second-order valence-corrected chi connectivity index (χ2v) is 2.94. The number of nitrogens with one attached hydrogen (secondary N) is 1. The summed E-state index contributed by atoms with van der Waals surface area (Å²) < 4.78 is 0. The summed E-state index contributed by atoms with van der Waals surface area (Å²) in [4.78, 5) is 10.8. The second kappa shape index (κ2) is 4.09. The van der Waals surface area contributed by atoms with Gasteiger partial charge in [-0.25, -0.2) is 0 Å². The van der Waals surface area contributed by atoms with Crippen molar-refractivity contribution in [2.75, 3.05) is 5.32 Å². The highest BCUT2D eigenvalue weighted by molar-refractivity contribution is 6.66. The number of anilines is 1. The third kappa shape index (κ3) is 2.59. The molecule has 1 amide bonds. The van der Waals surface area contributed by atoms with Crippen molar-refractivity contribution in [3.63, 3.8) is 0 Å². The first-order valence-corrected chi connectivity index (χ1v) is 4.16. The first kappa shape index (κ1) is 9.80. The fraction of sp³-hybridized carbons (Fsp3) is 0.222. The van der Waals surface area contributed by atoms with E-state index >= 15 is 0 Å². The molecule has 0 spiro atoms. The van der Waals surface area contributed by atoms with E-state index in [1.54, 1.807) is 19.0 Å². The van der Waals surface area contributed by atoms with Gasteiger partial charge in [0.25, 0.3) is 0 Å². The minimum absolute atomic E-state index is 0.131. The summed E-state index contributed by atoms with van der Waals surface area (Å²) in [5.74, 6) is -0.131. The van der Waals surface area contributed by atoms with E-state index in [0.717, 1.165) is 5.46 Å². The van der Waals surface area contributed by atoms with Gasteiger partial charge < -0.3 is 10.3 Å². The Hall–Kier alpha value is -1.29. The van der Waals surface area contributed by atoms with Gasteiger partial charge in [0.2, 0.25) is 5.91 Å². The van der Waals surface area contributed by atoms with Gasteiger partial charge in [-0.15, -0.1) is 0 Å². The molecule has 68 valence electrons. The van der Waals surface area contributed by atoms with E-state index in [1.165, 1.54) is 6.92 Å². The quantitative estimate of drug-likeness (QED) is 0.645. The molecular weight excluding hydrogens is 165 g/mol. The number of benzene rings is 1. The van der Waals surface area contributed by atoms with Gasteiger partial charge >= 0.3 is 6.92 Å². The first-order valence-electron chi connectivity index (χ1n) is 4.16. The van der Waals surface area contributed by atoms with Crippen LogP contribution in [-0.2, 0) is 4.79 Å². The fourth-order valence-electron chi connectivity index (χ4n) is 1.16. The maximum absolute atomic E-state index is 10.8. The van der Waals surface area contributed by atoms with E-state index < -0.39 is 6.92 Å². The number of hydrogen-bond acceptors (Lipinski definition) is 2. The van der Waals surface area contributed by atoms with Crippen LogP contribution in [0.1, 0.15) is 6.92 Å². The van der Waals surface area contributed by atoms with E-state index in [4.69, 9.17) is 0 Å². The Balaban J connectivity index is 2.97. The third-order valence-electron chi connectivity index (χ3n) is 1.72. The van der Waals surface area contributed by atoms with Gasteiger partial charge in [0.05, 0.1) is 0 Å². The molecule has 3 nitrogen and oxygen atoms in total. The van der Waals surface area contributed by atoms with Crippen molar-refractivity contribution >= 4 is 24.0 Å². The van der Waals surface area contributed by atoms with Crippen molar-refractivity contribution in [2.24, 2.45) is 0 Å². The van der Waals surface area contributed by atoms with Gasteiger partial charge in [-0.2, -0.15) is 0 Å². The van der Waals surface area contributed by atoms with Gasteiger partial charge in [0.1, 0.15) is 0 Å². The number of carbonyl (C=O) groups is 1. The Kier molecular flexibility index (Phi) is 3.09. The van der Waals surface area contributed by atoms with Crippen LogP contribution in [-0.4, -0.2) is 17.8 Å². The lowest BCUT2D eigenvalue weighted by Gasteiger charge is -2.09. The molecule has 0 bridgehead atoms. The van der Waals surface area contributed by atoms with E-state index in [0.29, 0.717) is 5.69 Å². The van der Waals surface area contributed by atoms with Crippen LogP contribution in [0.25, 0.3) is 0 Å².